The van der Waals surface area contributed by atoms with E-state index < -0.39 is 0 Å². The summed E-state index contributed by atoms with van der Waals surface area (Å²) in [5, 5.41) is 52.1. The van der Waals surface area contributed by atoms with Gasteiger partial charge in [0.15, 0.2) is 11.7 Å². The van der Waals surface area contributed by atoms with Crippen LogP contribution in [0.3, 0.4) is 0 Å². The zero-order chi connectivity index (χ0) is 19.1. The van der Waals surface area contributed by atoms with Crippen LogP contribution in [-0.4, -0.2) is 44.5 Å². The molecule has 0 atom stereocenters. The van der Waals surface area contributed by atoms with Gasteiger partial charge in [0.25, 0.3) is 0 Å². The summed E-state index contributed by atoms with van der Waals surface area (Å²) in [6.07, 6.45) is 2.43. The molecule has 0 bridgehead atoms. The van der Waals surface area contributed by atoms with Crippen molar-refractivity contribution >= 4 is 24.1 Å². The monoisotopic (exact) mass is 356 g/mol. The highest BCUT2D eigenvalue weighted by Crippen LogP contribution is 2.21. The van der Waals surface area contributed by atoms with Gasteiger partial charge in [-0.1, -0.05) is 0 Å². The summed E-state index contributed by atoms with van der Waals surface area (Å²) in [5.74, 6) is -0.962. The van der Waals surface area contributed by atoms with E-state index in [9.17, 15) is 20.4 Å². The number of hydrogen-bond donors (Lipinski definition) is 6. The summed E-state index contributed by atoms with van der Waals surface area (Å²) >= 11 is 0. The molecule has 2 aromatic carbocycles. The molecule has 0 fully saturated rings. The lowest BCUT2D eigenvalue weighted by molar-refractivity contribution is 0.449. The van der Waals surface area contributed by atoms with Crippen LogP contribution in [0, 0.1) is 0 Å². The van der Waals surface area contributed by atoms with E-state index in [1.807, 2.05) is 0 Å². The second-order valence-corrected chi connectivity index (χ2v) is 4.95. The van der Waals surface area contributed by atoms with Gasteiger partial charge in [0.05, 0.1) is 12.4 Å². The van der Waals surface area contributed by atoms with Gasteiger partial charge >= 0.3 is 0 Å². The van der Waals surface area contributed by atoms with Gasteiger partial charge in [-0.3, -0.25) is 0 Å². The fraction of sp³-hybridized carbons (Fsp3) is 0. The molecule has 0 aliphatic rings. The number of amidine groups is 2. The van der Waals surface area contributed by atoms with E-state index in [1.165, 1.54) is 36.7 Å². The molecular formula is C16H16N6O4. The van der Waals surface area contributed by atoms with E-state index >= 15 is 0 Å². The van der Waals surface area contributed by atoms with Gasteiger partial charge in [-0.25, -0.2) is 0 Å². The highest BCUT2D eigenvalue weighted by molar-refractivity contribution is 6.39. The molecule has 26 heavy (non-hydrogen) atoms. The van der Waals surface area contributed by atoms with E-state index in [0.717, 1.165) is 12.1 Å². The molecule has 0 saturated heterocycles. The Kier molecular flexibility index (Phi) is 5.72. The molecule has 2 rings (SSSR count). The van der Waals surface area contributed by atoms with Crippen molar-refractivity contribution in [1.82, 2.24) is 0 Å². The van der Waals surface area contributed by atoms with Crippen molar-refractivity contribution in [3.05, 3.63) is 47.5 Å². The van der Waals surface area contributed by atoms with Crippen molar-refractivity contribution in [2.24, 2.45) is 31.9 Å². The molecular weight excluding hydrogens is 340 g/mol. The number of nitrogens with zero attached hydrogens (tertiary/aromatic N) is 4. The van der Waals surface area contributed by atoms with Gasteiger partial charge < -0.3 is 31.9 Å². The second kappa shape index (κ2) is 8.15. The minimum absolute atomic E-state index is 0.0865. The minimum atomic E-state index is -0.216. The van der Waals surface area contributed by atoms with Crippen LogP contribution in [0.5, 0.6) is 23.0 Å². The van der Waals surface area contributed by atoms with Crippen LogP contribution in [0.4, 0.5) is 0 Å². The molecule has 10 heteroatoms. The van der Waals surface area contributed by atoms with Crippen molar-refractivity contribution in [2.75, 3.05) is 0 Å². The van der Waals surface area contributed by atoms with Gasteiger partial charge in [-0.15, -0.1) is 10.2 Å². The molecule has 0 aromatic heterocycles. The normalized spacial score (nSPS) is 12.9. The smallest absolute Gasteiger partial charge is 0.190 e. The molecule has 134 valence electrons. The summed E-state index contributed by atoms with van der Waals surface area (Å²) in [6.45, 7) is 0. The predicted octanol–water partition coefficient (Wildman–Crippen LogP) is 0.591. The average Bonchev–Trinajstić information content (AvgIpc) is 2.58. The Bertz CT molecular complexity index is 845. The minimum Gasteiger partial charge on any atom is -0.508 e. The molecule has 0 spiro atoms. The molecule has 0 amide bonds. The Morgan fingerprint density at radius 3 is 1.42 bits per heavy atom. The van der Waals surface area contributed by atoms with Gasteiger partial charge in [-0.05, 0) is 24.3 Å². The summed E-state index contributed by atoms with van der Waals surface area (Å²) in [6, 6.07) is 7.92. The highest BCUT2D eigenvalue weighted by atomic mass is 16.3. The Balaban J connectivity index is 2.06. The van der Waals surface area contributed by atoms with Crippen LogP contribution >= 0.6 is 0 Å². The maximum Gasteiger partial charge on any atom is 0.190 e. The molecule has 0 aliphatic carbocycles. The maximum atomic E-state index is 9.60. The van der Waals surface area contributed by atoms with Crippen LogP contribution in [0.15, 0.2) is 56.8 Å². The van der Waals surface area contributed by atoms with Crippen molar-refractivity contribution < 1.29 is 20.4 Å². The molecule has 8 N–H and O–H groups in total. The zero-order valence-electron chi connectivity index (χ0n) is 13.4. The SMILES string of the molecule is NC(=N/N=C/c1ccc(O)cc1O)C(N)=N/N=C/c1ccc(O)cc1O. The Labute approximate surface area is 147 Å². The van der Waals surface area contributed by atoms with Crippen LogP contribution in [0.25, 0.3) is 0 Å². The Morgan fingerprint density at radius 1 is 0.692 bits per heavy atom. The van der Waals surface area contributed by atoms with Gasteiger partial charge in [0, 0.05) is 23.3 Å². The van der Waals surface area contributed by atoms with Crippen LogP contribution in [0.2, 0.25) is 0 Å². The summed E-state index contributed by atoms with van der Waals surface area (Å²) < 4.78 is 0. The van der Waals surface area contributed by atoms with Gasteiger partial charge in [0.1, 0.15) is 23.0 Å². The third kappa shape index (κ3) is 4.96. The van der Waals surface area contributed by atoms with Crippen molar-refractivity contribution in [1.29, 1.82) is 0 Å². The number of benzene rings is 2. The van der Waals surface area contributed by atoms with Crippen molar-refractivity contribution in [3.63, 3.8) is 0 Å². The first kappa shape index (κ1) is 18.3. The lowest BCUT2D eigenvalue weighted by Crippen LogP contribution is -2.30. The number of hydrogen-bond acceptors (Lipinski definition) is 8. The van der Waals surface area contributed by atoms with E-state index in [4.69, 9.17) is 11.5 Å². The van der Waals surface area contributed by atoms with E-state index in [-0.39, 0.29) is 34.7 Å². The molecule has 10 nitrogen and oxygen atoms in total. The maximum absolute atomic E-state index is 9.60. The van der Waals surface area contributed by atoms with Crippen molar-refractivity contribution in [2.45, 2.75) is 0 Å². The molecule has 0 heterocycles. The number of nitrogens with two attached hydrogens (primary N) is 2. The largest absolute Gasteiger partial charge is 0.508 e. The Hall–Kier alpha value is -4.08. The average molecular weight is 356 g/mol. The first-order valence-electron chi connectivity index (χ1n) is 7.14. The second-order valence-electron chi connectivity index (χ2n) is 4.95. The first-order chi connectivity index (χ1) is 12.4. The lowest BCUT2D eigenvalue weighted by atomic mass is 10.2. The van der Waals surface area contributed by atoms with Crippen LogP contribution in [-0.2, 0) is 0 Å². The number of rotatable bonds is 4. The first-order valence-corrected chi connectivity index (χ1v) is 7.14. The summed E-state index contributed by atoms with van der Waals surface area (Å²) in [4.78, 5) is 0. The van der Waals surface area contributed by atoms with Gasteiger partial charge in [0.2, 0.25) is 0 Å². The van der Waals surface area contributed by atoms with E-state index in [2.05, 4.69) is 20.4 Å². The standard InChI is InChI=1S/C16H16N6O4/c17-15(21-19-7-9-1-3-11(23)5-13(9)25)16(18)22-20-8-10-2-4-12(24)6-14(10)26/h1-8,23-26H,(H2,17,21)(H2,18,22)/b19-7+,20-8+. The fourth-order valence-electron chi connectivity index (χ4n) is 1.69. The fourth-order valence-corrected chi connectivity index (χ4v) is 1.69. The molecule has 0 unspecified atom stereocenters. The van der Waals surface area contributed by atoms with E-state index in [1.54, 1.807) is 0 Å². The molecule has 0 saturated carbocycles. The lowest BCUT2D eigenvalue weighted by Gasteiger charge is -1.99. The summed E-state index contributed by atoms with van der Waals surface area (Å²) in [5.41, 5.74) is 11.8. The number of phenolic OH excluding ortho intramolecular Hbond substituents is 4. The molecule has 2 aromatic rings. The predicted molar refractivity (Wildman–Crippen MR) is 98.0 cm³/mol. The molecule has 0 aliphatic heterocycles. The van der Waals surface area contributed by atoms with E-state index in [0.29, 0.717) is 11.1 Å². The summed E-state index contributed by atoms with van der Waals surface area (Å²) in [7, 11) is 0. The number of phenols is 4. The third-order valence-electron chi connectivity index (χ3n) is 3.02. The van der Waals surface area contributed by atoms with Crippen LogP contribution in [0.1, 0.15) is 11.1 Å². The highest BCUT2D eigenvalue weighted by Gasteiger charge is 2.01. The van der Waals surface area contributed by atoms with Gasteiger partial charge in [-0.2, -0.15) is 10.2 Å². The zero-order valence-corrected chi connectivity index (χ0v) is 13.4. The topological polar surface area (TPSA) is 182 Å². The molecule has 0 radical (unpaired) electrons. The van der Waals surface area contributed by atoms with Crippen LogP contribution < -0.4 is 11.5 Å². The quantitative estimate of drug-likeness (QED) is 0.265. The number of aromatic hydroxyl groups is 4. The third-order valence-corrected chi connectivity index (χ3v) is 3.02. The Morgan fingerprint density at radius 2 is 1.08 bits per heavy atom. The van der Waals surface area contributed by atoms with Crippen molar-refractivity contribution in [3.8, 4) is 23.0 Å².